The molecule has 1 N–H and O–H groups in total. The van der Waals surface area contributed by atoms with Crippen LogP contribution in [0, 0.1) is 5.92 Å². The maximum atomic E-state index is 12.9. The quantitative estimate of drug-likeness (QED) is 0.604. The minimum absolute atomic E-state index is 0.0604. The number of rotatable bonds is 7. The summed E-state index contributed by atoms with van der Waals surface area (Å²) in [7, 11) is 0. The maximum absolute atomic E-state index is 12.9. The lowest BCUT2D eigenvalue weighted by Gasteiger charge is -2.32. The number of nitrogens with one attached hydrogen (secondary N) is 1. The molecule has 1 fully saturated rings. The molecule has 0 saturated carbocycles. The van der Waals surface area contributed by atoms with E-state index < -0.39 is 0 Å². The molecule has 4 rings (SSSR count). The smallest absolute Gasteiger partial charge is 0.229 e. The molecule has 7 heteroatoms. The Kier molecular flexibility index (Phi) is 6.94. The Morgan fingerprint density at radius 1 is 1.09 bits per heavy atom. The zero-order valence-electron chi connectivity index (χ0n) is 18.7. The molecule has 0 bridgehead atoms. The number of nitrogens with zero attached hydrogens (tertiary/aromatic N) is 5. The molecule has 1 aromatic carbocycles. The predicted octanol–water partition coefficient (Wildman–Crippen LogP) is 4.24. The van der Waals surface area contributed by atoms with Gasteiger partial charge in [0, 0.05) is 55.5 Å². The molecule has 2 aromatic heterocycles. The van der Waals surface area contributed by atoms with E-state index in [0.29, 0.717) is 6.54 Å². The van der Waals surface area contributed by atoms with Gasteiger partial charge in [-0.25, -0.2) is 0 Å². The summed E-state index contributed by atoms with van der Waals surface area (Å²) in [6.07, 6.45) is 5.34. The van der Waals surface area contributed by atoms with Crippen LogP contribution >= 0.6 is 0 Å². The number of aromatic nitrogens is 3. The number of pyridine rings is 1. The first kappa shape index (κ1) is 21.7. The predicted molar refractivity (Wildman–Crippen MR) is 129 cm³/mol. The second-order valence-electron chi connectivity index (χ2n) is 8.01. The van der Waals surface area contributed by atoms with Crippen molar-refractivity contribution < 1.29 is 4.79 Å². The first-order valence-corrected chi connectivity index (χ1v) is 11.3. The van der Waals surface area contributed by atoms with Crippen LogP contribution in [0.2, 0.25) is 0 Å². The molecular formula is C25H30N6O. The van der Waals surface area contributed by atoms with Crippen molar-refractivity contribution in [2.45, 2.75) is 26.7 Å². The van der Waals surface area contributed by atoms with Gasteiger partial charge in [-0.15, -0.1) is 10.2 Å². The third kappa shape index (κ3) is 5.04. The summed E-state index contributed by atoms with van der Waals surface area (Å²) in [5.41, 5.74) is 3.74. The van der Waals surface area contributed by atoms with Crippen molar-refractivity contribution in [1.29, 1.82) is 0 Å². The number of amides is 1. The molecule has 0 spiro atoms. The standard InChI is InChI=1S/C25H30N6O/c1-3-30(4-2)22-11-9-21(10-12-22)27-25(32)20-8-6-16-31(18-20)24-14-13-23(28-29-24)19-7-5-15-26-17-19/h5,7,9-15,17,20H,3-4,6,8,16,18H2,1-2H3,(H,27,32). The number of piperidine rings is 1. The van der Waals surface area contributed by atoms with Gasteiger partial charge < -0.3 is 15.1 Å². The van der Waals surface area contributed by atoms with Gasteiger partial charge in [0.1, 0.15) is 0 Å². The van der Waals surface area contributed by atoms with E-state index in [9.17, 15) is 4.79 Å². The Labute approximate surface area is 189 Å². The molecule has 1 saturated heterocycles. The van der Waals surface area contributed by atoms with Gasteiger partial charge in [0.15, 0.2) is 5.82 Å². The molecule has 1 atom stereocenters. The van der Waals surface area contributed by atoms with Crippen LogP contribution in [-0.4, -0.2) is 47.3 Å². The number of carbonyl (C=O) groups excluding carboxylic acids is 1. The highest BCUT2D eigenvalue weighted by molar-refractivity contribution is 5.93. The summed E-state index contributed by atoms with van der Waals surface area (Å²) < 4.78 is 0. The number of anilines is 3. The van der Waals surface area contributed by atoms with E-state index in [0.717, 1.165) is 55.2 Å². The summed E-state index contributed by atoms with van der Waals surface area (Å²) in [5.74, 6) is 0.787. The zero-order chi connectivity index (χ0) is 22.3. The fourth-order valence-corrected chi connectivity index (χ4v) is 4.15. The molecule has 3 heterocycles. The molecule has 1 unspecified atom stereocenters. The van der Waals surface area contributed by atoms with Crippen molar-refractivity contribution >= 4 is 23.1 Å². The molecule has 1 amide bonds. The van der Waals surface area contributed by atoms with Gasteiger partial charge in [0.25, 0.3) is 0 Å². The number of benzene rings is 1. The monoisotopic (exact) mass is 430 g/mol. The Bertz CT molecular complexity index is 1000. The summed E-state index contributed by atoms with van der Waals surface area (Å²) in [4.78, 5) is 21.5. The van der Waals surface area contributed by atoms with Crippen LogP contribution in [0.15, 0.2) is 60.9 Å². The largest absolute Gasteiger partial charge is 0.372 e. The van der Waals surface area contributed by atoms with Gasteiger partial charge in [-0.05, 0) is 75.2 Å². The van der Waals surface area contributed by atoms with Crippen molar-refractivity contribution in [3.8, 4) is 11.3 Å². The third-order valence-corrected chi connectivity index (χ3v) is 5.99. The van der Waals surface area contributed by atoms with Gasteiger partial charge in [-0.3, -0.25) is 9.78 Å². The van der Waals surface area contributed by atoms with E-state index in [2.05, 4.69) is 56.3 Å². The van der Waals surface area contributed by atoms with Crippen molar-refractivity contribution in [3.05, 3.63) is 60.9 Å². The van der Waals surface area contributed by atoms with E-state index >= 15 is 0 Å². The van der Waals surface area contributed by atoms with Gasteiger partial charge >= 0.3 is 0 Å². The highest BCUT2D eigenvalue weighted by Gasteiger charge is 2.27. The van der Waals surface area contributed by atoms with Crippen LogP contribution in [0.1, 0.15) is 26.7 Å². The first-order chi connectivity index (χ1) is 15.7. The van der Waals surface area contributed by atoms with E-state index in [1.807, 2.05) is 36.4 Å². The SMILES string of the molecule is CCN(CC)c1ccc(NC(=O)C2CCCN(c3ccc(-c4cccnc4)nn3)C2)cc1. The molecule has 0 radical (unpaired) electrons. The minimum Gasteiger partial charge on any atom is -0.372 e. The maximum Gasteiger partial charge on any atom is 0.229 e. The van der Waals surface area contributed by atoms with E-state index in [-0.39, 0.29) is 11.8 Å². The van der Waals surface area contributed by atoms with Crippen LogP contribution in [0.4, 0.5) is 17.2 Å². The second kappa shape index (κ2) is 10.2. The fourth-order valence-electron chi connectivity index (χ4n) is 4.15. The normalized spacial score (nSPS) is 15.9. The van der Waals surface area contributed by atoms with E-state index in [1.165, 1.54) is 5.69 Å². The van der Waals surface area contributed by atoms with Crippen molar-refractivity contribution in [2.24, 2.45) is 5.92 Å². The summed E-state index contributed by atoms with van der Waals surface area (Å²) in [5, 5.41) is 11.9. The Morgan fingerprint density at radius 2 is 1.91 bits per heavy atom. The van der Waals surface area contributed by atoms with Crippen LogP contribution < -0.4 is 15.1 Å². The molecule has 166 valence electrons. The van der Waals surface area contributed by atoms with Crippen molar-refractivity contribution in [2.75, 3.05) is 41.3 Å². The Hall–Kier alpha value is -3.48. The number of hydrogen-bond acceptors (Lipinski definition) is 6. The number of hydrogen-bond donors (Lipinski definition) is 1. The lowest BCUT2D eigenvalue weighted by molar-refractivity contribution is -0.120. The van der Waals surface area contributed by atoms with Gasteiger partial charge in [0.2, 0.25) is 5.91 Å². The third-order valence-electron chi connectivity index (χ3n) is 5.99. The van der Waals surface area contributed by atoms with Crippen LogP contribution in [0.25, 0.3) is 11.3 Å². The Morgan fingerprint density at radius 3 is 2.56 bits per heavy atom. The lowest BCUT2D eigenvalue weighted by atomic mass is 9.97. The summed E-state index contributed by atoms with van der Waals surface area (Å²) in [6, 6.07) is 15.9. The number of carbonyl (C=O) groups is 1. The second-order valence-corrected chi connectivity index (χ2v) is 8.01. The minimum atomic E-state index is -0.0778. The van der Waals surface area contributed by atoms with Gasteiger partial charge in [0.05, 0.1) is 11.6 Å². The van der Waals surface area contributed by atoms with E-state index in [4.69, 9.17) is 0 Å². The molecule has 1 aliphatic heterocycles. The first-order valence-electron chi connectivity index (χ1n) is 11.3. The lowest BCUT2D eigenvalue weighted by Crippen LogP contribution is -2.41. The van der Waals surface area contributed by atoms with Crippen molar-refractivity contribution in [3.63, 3.8) is 0 Å². The van der Waals surface area contributed by atoms with Gasteiger partial charge in [-0.2, -0.15) is 0 Å². The Balaban J connectivity index is 1.37. The average Bonchev–Trinajstić information content (AvgIpc) is 2.86. The molecule has 1 aliphatic rings. The van der Waals surface area contributed by atoms with E-state index in [1.54, 1.807) is 12.4 Å². The van der Waals surface area contributed by atoms with Crippen LogP contribution in [0.3, 0.4) is 0 Å². The topological polar surface area (TPSA) is 74.2 Å². The molecule has 32 heavy (non-hydrogen) atoms. The van der Waals surface area contributed by atoms with Crippen LogP contribution in [0.5, 0.6) is 0 Å². The zero-order valence-corrected chi connectivity index (χ0v) is 18.7. The summed E-state index contributed by atoms with van der Waals surface area (Å²) >= 11 is 0. The average molecular weight is 431 g/mol. The molecule has 7 nitrogen and oxygen atoms in total. The fraction of sp³-hybridized carbons (Fsp3) is 0.360. The molecule has 0 aliphatic carbocycles. The van der Waals surface area contributed by atoms with Gasteiger partial charge in [-0.1, -0.05) is 0 Å². The highest BCUT2D eigenvalue weighted by atomic mass is 16.1. The summed E-state index contributed by atoms with van der Waals surface area (Å²) in [6.45, 7) is 7.74. The molecular weight excluding hydrogens is 400 g/mol. The molecule has 3 aromatic rings. The van der Waals surface area contributed by atoms with Crippen LogP contribution in [-0.2, 0) is 4.79 Å². The highest BCUT2D eigenvalue weighted by Crippen LogP contribution is 2.25. The van der Waals surface area contributed by atoms with Crippen molar-refractivity contribution in [1.82, 2.24) is 15.2 Å².